The van der Waals surface area contributed by atoms with E-state index in [1.165, 1.54) is 5.56 Å². The normalized spacial score (nSPS) is 12.8. The van der Waals surface area contributed by atoms with Gasteiger partial charge in [-0.2, -0.15) is 0 Å². The predicted molar refractivity (Wildman–Crippen MR) is 73.9 cm³/mol. The van der Waals surface area contributed by atoms with Crippen molar-refractivity contribution in [2.75, 3.05) is 7.05 Å². The molecule has 0 amide bonds. The first kappa shape index (κ1) is 13.4. The van der Waals surface area contributed by atoms with E-state index < -0.39 is 0 Å². The van der Waals surface area contributed by atoms with Crippen LogP contribution >= 0.6 is 23.8 Å². The third-order valence-corrected chi connectivity index (χ3v) is 3.39. The molecule has 1 atom stereocenters. The van der Waals surface area contributed by atoms with Gasteiger partial charge < -0.3 is 5.73 Å². The molecule has 0 aliphatic carbocycles. The molecule has 0 spiro atoms. The predicted octanol–water partition coefficient (Wildman–Crippen LogP) is 2.75. The van der Waals surface area contributed by atoms with E-state index in [4.69, 9.17) is 29.6 Å². The van der Waals surface area contributed by atoms with Gasteiger partial charge in [-0.05, 0) is 38.1 Å². The number of hydrogen-bond donors (Lipinski definition) is 1. The number of likely N-dealkylation sites (N-methyl/N-ethyl adjacent to an activating group) is 1. The van der Waals surface area contributed by atoms with Gasteiger partial charge in [-0.3, -0.25) is 4.90 Å². The number of nitrogens with zero attached hydrogens (tertiary/aromatic N) is 1. The van der Waals surface area contributed by atoms with Gasteiger partial charge in [0.2, 0.25) is 0 Å². The van der Waals surface area contributed by atoms with Gasteiger partial charge in [0.05, 0.1) is 11.0 Å². The molecule has 1 aromatic rings. The molecule has 4 heteroatoms. The van der Waals surface area contributed by atoms with Gasteiger partial charge in [0, 0.05) is 11.6 Å². The van der Waals surface area contributed by atoms with Gasteiger partial charge in [0.25, 0.3) is 0 Å². The summed E-state index contributed by atoms with van der Waals surface area (Å²) in [5, 5.41) is 0.794. The summed E-state index contributed by atoms with van der Waals surface area (Å²) < 4.78 is 0. The fourth-order valence-electron chi connectivity index (χ4n) is 1.40. The molecule has 0 aliphatic heterocycles. The molecule has 0 heterocycles. The Balaban J connectivity index is 2.77. The van der Waals surface area contributed by atoms with Crippen LogP contribution in [0.25, 0.3) is 0 Å². The van der Waals surface area contributed by atoms with E-state index in [1.54, 1.807) is 0 Å². The quantitative estimate of drug-likeness (QED) is 0.840. The number of nitrogens with two attached hydrogens (primary N) is 1. The molecule has 0 aromatic heterocycles. The molecule has 0 fully saturated rings. The average Bonchev–Trinajstić information content (AvgIpc) is 2.20. The van der Waals surface area contributed by atoms with E-state index in [1.807, 2.05) is 33.0 Å². The first-order valence-electron chi connectivity index (χ1n) is 5.16. The van der Waals surface area contributed by atoms with Crippen molar-refractivity contribution in [1.29, 1.82) is 0 Å². The maximum Gasteiger partial charge on any atom is 0.0899 e. The SMILES string of the molecule is Cc1ccc(CN(C)C(C)C(N)=S)c(Cl)c1. The van der Waals surface area contributed by atoms with Crippen molar-refractivity contribution >= 4 is 28.8 Å². The molecule has 0 radical (unpaired) electrons. The number of hydrogen-bond acceptors (Lipinski definition) is 2. The van der Waals surface area contributed by atoms with Crippen LogP contribution in [0.4, 0.5) is 0 Å². The molecule has 0 saturated heterocycles. The molecular weight excluding hydrogens is 240 g/mol. The van der Waals surface area contributed by atoms with Crippen LogP contribution in [-0.2, 0) is 6.54 Å². The van der Waals surface area contributed by atoms with Crippen LogP contribution in [0.3, 0.4) is 0 Å². The highest BCUT2D eigenvalue weighted by molar-refractivity contribution is 7.80. The number of thiocarbonyl (C=S) groups is 1. The summed E-state index contributed by atoms with van der Waals surface area (Å²) in [6, 6.07) is 6.14. The Morgan fingerprint density at radius 3 is 2.69 bits per heavy atom. The first-order valence-corrected chi connectivity index (χ1v) is 5.95. The second kappa shape index (κ2) is 5.62. The maximum atomic E-state index is 6.17. The van der Waals surface area contributed by atoms with Gasteiger partial charge >= 0.3 is 0 Å². The first-order chi connectivity index (χ1) is 7.41. The Morgan fingerprint density at radius 1 is 1.56 bits per heavy atom. The highest BCUT2D eigenvalue weighted by Gasteiger charge is 2.13. The minimum absolute atomic E-state index is 0.0763. The Kier molecular flexibility index (Phi) is 4.71. The highest BCUT2D eigenvalue weighted by Crippen LogP contribution is 2.19. The van der Waals surface area contributed by atoms with E-state index >= 15 is 0 Å². The van der Waals surface area contributed by atoms with Crippen LogP contribution in [0.15, 0.2) is 18.2 Å². The summed E-state index contributed by atoms with van der Waals surface area (Å²) >= 11 is 11.1. The number of rotatable bonds is 4. The van der Waals surface area contributed by atoms with Crippen molar-refractivity contribution in [2.24, 2.45) is 5.73 Å². The van der Waals surface area contributed by atoms with E-state index in [9.17, 15) is 0 Å². The second-order valence-electron chi connectivity index (χ2n) is 4.09. The van der Waals surface area contributed by atoms with Crippen LogP contribution in [0, 0.1) is 6.92 Å². The van der Waals surface area contributed by atoms with Gasteiger partial charge in [-0.25, -0.2) is 0 Å². The van der Waals surface area contributed by atoms with Crippen molar-refractivity contribution in [1.82, 2.24) is 4.90 Å². The number of benzene rings is 1. The molecular formula is C12H17ClN2S. The monoisotopic (exact) mass is 256 g/mol. The zero-order chi connectivity index (χ0) is 12.3. The fourth-order valence-corrected chi connectivity index (χ4v) is 1.88. The lowest BCUT2D eigenvalue weighted by Crippen LogP contribution is -2.38. The van der Waals surface area contributed by atoms with E-state index in [2.05, 4.69) is 11.0 Å². The van der Waals surface area contributed by atoms with Crippen molar-refractivity contribution in [2.45, 2.75) is 26.4 Å². The van der Waals surface area contributed by atoms with Crippen LogP contribution in [0.2, 0.25) is 5.02 Å². The molecule has 16 heavy (non-hydrogen) atoms. The summed E-state index contributed by atoms with van der Waals surface area (Å²) in [6.45, 7) is 4.76. The Hall–Kier alpha value is -0.640. The van der Waals surface area contributed by atoms with E-state index in [-0.39, 0.29) is 6.04 Å². The van der Waals surface area contributed by atoms with E-state index in [0.29, 0.717) is 4.99 Å². The summed E-state index contributed by atoms with van der Waals surface area (Å²) in [5.41, 5.74) is 7.87. The van der Waals surface area contributed by atoms with Crippen LogP contribution in [-0.4, -0.2) is 23.0 Å². The smallest absolute Gasteiger partial charge is 0.0899 e. The van der Waals surface area contributed by atoms with Crippen molar-refractivity contribution < 1.29 is 0 Å². The minimum Gasteiger partial charge on any atom is -0.392 e. The standard InChI is InChI=1S/C12H17ClN2S/c1-8-4-5-10(11(13)6-8)7-15(3)9(2)12(14)16/h4-6,9H,7H2,1-3H3,(H2,14,16). The van der Waals surface area contributed by atoms with Crippen LogP contribution in [0.1, 0.15) is 18.1 Å². The second-order valence-corrected chi connectivity index (χ2v) is 4.97. The highest BCUT2D eigenvalue weighted by atomic mass is 35.5. The zero-order valence-corrected chi connectivity index (χ0v) is 11.4. The Bertz CT molecular complexity index is 393. The van der Waals surface area contributed by atoms with Crippen molar-refractivity contribution in [3.8, 4) is 0 Å². The van der Waals surface area contributed by atoms with Crippen LogP contribution < -0.4 is 5.73 Å². The van der Waals surface area contributed by atoms with Gasteiger partial charge in [0.15, 0.2) is 0 Å². The lowest BCUT2D eigenvalue weighted by atomic mass is 10.1. The molecule has 88 valence electrons. The molecule has 2 N–H and O–H groups in total. The summed E-state index contributed by atoms with van der Waals surface area (Å²) in [7, 11) is 1.99. The van der Waals surface area contributed by atoms with E-state index in [0.717, 1.165) is 17.1 Å². The van der Waals surface area contributed by atoms with Gasteiger partial charge in [-0.1, -0.05) is 36.0 Å². The lowest BCUT2D eigenvalue weighted by Gasteiger charge is -2.24. The summed E-state index contributed by atoms with van der Waals surface area (Å²) in [5.74, 6) is 0. The third-order valence-electron chi connectivity index (χ3n) is 2.70. The molecule has 2 nitrogen and oxygen atoms in total. The molecule has 0 saturated carbocycles. The summed E-state index contributed by atoms with van der Waals surface area (Å²) in [4.78, 5) is 2.59. The largest absolute Gasteiger partial charge is 0.392 e. The van der Waals surface area contributed by atoms with Crippen LogP contribution in [0.5, 0.6) is 0 Å². The van der Waals surface area contributed by atoms with Crippen molar-refractivity contribution in [3.05, 3.63) is 34.3 Å². The van der Waals surface area contributed by atoms with Gasteiger partial charge in [-0.15, -0.1) is 0 Å². The lowest BCUT2D eigenvalue weighted by molar-refractivity contribution is 0.304. The molecule has 0 aliphatic rings. The molecule has 0 bridgehead atoms. The fraction of sp³-hybridized carbons (Fsp3) is 0.417. The Morgan fingerprint density at radius 2 is 2.19 bits per heavy atom. The Labute approximate surface area is 107 Å². The minimum atomic E-state index is 0.0763. The molecule has 1 aromatic carbocycles. The van der Waals surface area contributed by atoms with Crippen molar-refractivity contribution in [3.63, 3.8) is 0 Å². The zero-order valence-electron chi connectivity index (χ0n) is 9.83. The number of aryl methyl sites for hydroxylation is 1. The topological polar surface area (TPSA) is 29.3 Å². The maximum absolute atomic E-state index is 6.17. The average molecular weight is 257 g/mol. The third kappa shape index (κ3) is 3.44. The summed E-state index contributed by atoms with van der Waals surface area (Å²) in [6.07, 6.45) is 0. The molecule has 1 unspecified atom stereocenters. The number of halogens is 1. The molecule has 1 rings (SSSR count). The van der Waals surface area contributed by atoms with Gasteiger partial charge in [0.1, 0.15) is 0 Å².